The molecule has 0 aliphatic carbocycles. The van der Waals surface area contributed by atoms with Crippen molar-refractivity contribution < 1.29 is 13.2 Å². The van der Waals surface area contributed by atoms with Gasteiger partial charge in [0.05, 0.1) is 10.9 Å². The van der Waals surface area contributed by atoms with Gasteiger partial charge in [0.15, 0.2) is 0 Å². The highest BCUT2D eigenvalue weighted by atomic mass is 32.2. The lowest BCUT2D eigenvalue weighted by Crippen LogP contribution is -2.47. The first kappa shape index (κ1) is 24.2. The molecule has 1 amide bonds. The van der Waals surface area contributed by atoms with Crippen LogP contribution in [-0.2, 0) is 14.8 Å². The van der Waals surface area contributed by atoms with E-state index in [0.717, 1.165) is 11.1 Å². The molecule has 0 saturated carbocycles. The summed E-state index contributed by atoms with van der Waals surface area (Å²) in [5.41, 5.74) is 1.79. The zero-order valence-corrected chi connectivity index (χ0v) is 19.9. The van der Waals surface area contributed by atoms with E-state index in [2.05, 4.69) is 5.32 Å². The number of carbonyl (C=O) groups excluding carboxylic acids is 1. The molecule has 3 aromatic carbocycles. The number of benzene rings is 3. The monoisotopic (exact) mass is 486 g/mol. The minimum atomic E-state index is -3.57. The van der Waals surface area contributed by atoms with E-state index in [4.69, 9.17) is 0 Å². The van der Waals surface area contributed by atoms with Crippen molar-refractivity contribution in [2.75, 3.05) is 26.2 Å². The second-order valence-electron chi connectivity index (χ2n) is 8.14. The van der Waals surface area contributed by atoms with Crippen molar-refractivity contribution >= 4 is 15.9 Å². The van der Waals surface area contributed by atoms with Gasteiger partial charge < -0.3 is 10.2 Å². The first-order chi connectivity index (χ1) is 17.0. The Balaban J connectivity index is 1.46. The van der Waals surface area contributed by atoms with Crippen LogP contribution in [0.4, 0.5) is 0 Å². The van der Waals surface area contributed by atoms with Gasteiger partial charge >= 0.3 is 0 Å². The average Bonchev–Trinajstić information content (AvgIpc) is 2.92. The zero-order chi connectivity index (χ0) is 24.7. The Labute approximate surface area is 206 Å². The second-order valence-corrected chi connectivity index (χ2v) is 10.1. The van der Waals surface area contributed by atoms with E-state index in [9.17, 15) is 18.5 Å². The number of hydrogen-bond acceptors (Lipinski definition) is 5. The lowest BCUT2D eigenvalue weighted by Gasteiger charge is -2.33. The highest BCUT2D eigenvalue weighted by Gasteiger charge is 2.28. The highest BCUT2D eigenvalue weighted by Crippen LogP contribution is 2.22. The van der Waals surface area contributed by atoms with Crippen molar-refractivity contribution in [3.8, 4) is 6.07 Å². The molecule has 3 aromatic rings. The Hall–Kier alpha value is -3.93. The van der Waals surface area contributed by atoms with Crippen LogP contribution in [-0.4, -0.2) is 49.7 Å². The number of nitrogens with zero attached hydrogens (tertiary/aromatic N) is 3. The van der Waals surface area contributed by atoms with Crippen molar-refractivity contribution in [1.29, 1.82) is 5.26 Å². The molecule has 1 fully saturated rings. The van der Waals surface area contributed by atoms with Gasteiger partial charge in [-0.3, -0.25) is 4.79 Å². The molecule has 35 heavy (non-hydrogen) atoms. The average molecular weight is 487 g/mol. The fourth-order valence-electron chi connectivity index (χ4n) is 3.99. The van der Waals surface area contributed by atoms with Gasteiger partial charge in [-0.2, -0.15) is 9.57 Å². The molecular formula is C27H26N4O3S. The van der Waals surface area contributed by atoms with Crippen LogP contribution in [0, 0.1) is 11.3 Å². The highest BCUT2D eigenvalue weighted by molar-refractivity contribution is 7.89. The fourth-order valence-corrected chi connectivity index (χ4v) is 5.44. The third-order valence-electron chi connectivity index (χ3n) is 5.87. The first-order valence-corrected chi connectivity index (χ1v) is 12.7. The van der Waals surface area contributed by atoms with Crippen LogP contribution in [0.5, 0.6) is 0 Å². The van der Waals surface area contributed by atoms with Crippen molar-refractivity contribution in [2.45, 2.75) is 10.9 Å². The van der Waals surface area contributed by atoms with Crippen molar-refractivity contribution in [2.24, 2.45) is 0 Å². The Morgan fingerprint density at radius 3 is 1.80 bits per heavy atom. The van der Waals surface area contributed by atoms with Crippen LogP contribution in [0.25, 0.3) is 0 Å². The van der Waals surface area contributed by atoms with Crippen LogP contribution in [0.15, 0.2) is 108 Å². The summed E-state index contributed by atoms with van der Waals surface area (Å²) in [5, 5.41) is 12.7. The summed E-state index contributed by atoms with van der Waals surface area (Å²) in [7, 11) is -3.57. The SMILES string of the molecule is N#C/C(=C/N1CCN(S(=O)(=O)c2ccccc2)CC1)C(=O)NC(c1ccccc1)c1ccccc1. The van der Waals surface area contributed by atoms with Crippen molar-refractivity contribution in [1.82, 2.24) is 14.5 Å². The number of piperazine rings is 1. The predicted molar refractivity (Wildman–Crippen MR) is 133 cm³/mol. The first-order valence-electron chi connectivity index (χ1n) is 11.3. The summed E-state index contributed by atoms with van der Waals surface area (Å²) in [5.74, 6) is -0.482. The van der Waals surface area contributed by atoms with Gasteiger partial charge in [-0.1, -0.05) is 78.9 Å². The molecule has 0 unspecified atom stereocenters. The summed E-state index contributed by atoms with van der Waals surface area (Å²) < 4.78 is 27.1. The van der Waals surface area contributed by atoms with Gasteiger partial charge in [0.2, 0.25) is 10.0 Å². The molecule has 0 aromatic heterocycles. The van der Waals surface area contributed by atoms with Gasteiger partial charge in [-0.15, -0.1) is 0 Å². The molecule has 1 aliphatic heterocycles. The number of nitriles is 1. The van der Waals surface area contributed by atoms with E-state index in [0.29, 0.717) is 13.1 Å². The molecule has 0 spiro atoms. The van der Waals surface area contributed by atoms with E-state index in [-0.39, 0.29) is 23.6 Å². The van der Waals surface area contributed by atoms with Gasteiger partial charge in [-0.05, 0) is 23.3 Å². The number of rotatable bonds is 7. The molecule has 0 radical (unpaired) electrons. The topological polar surface area (TPSA) is 93.5 Å². The molecule has 178 valence electrons. The smallest absolute Gasteiger partial charge is 0.264 e. The quantitative estimate of drug-likeness (QED) is 0.409. The molecular weight excluding hydrogens is 460 g/mol. The fraction of sp³-hybridized carbons (Fsp3) is 0.185. The van der Waals surface area contributed by atoms with E-state index < -0.39 is 22.0 Å². The lowest BCUT2D eigenvalue weighted by atomic mass is 9.98. The van der Waals surface area contributed by atoms with Crippen LogP contribution in [0.2, 0.25) is 0 Å². The number of nitrogens with one attached hydrogen (secondary N) is 1. The summed E-state index contributed by atoms with van der Waals surface area (Å²) >= 11 is 0. The van der Waals surface area contributed by atoms with Gasteiger partial charge in [0.1, 0.15) is 11.6 Å². The largest absolute Gasteiger partial charge is 0.373 e. The van der Waals surface area contributed by atoms with Crippen molar-refractivity contribution in [3.63, 3.8) is 0 Å². The van der Waals surface area contributed by atoms with E-state index in [1.807, 2.05) is 71.6 Å². The van der Waals surface area contributed by atoms with Crippen LogP contribution >= 0.6 is 0 Å². The maximum atomic E-state index is 13.1. The number of sulfonamides is 1. The maximum Gasteiger partial charge on any atom is 0.264 e. The summed E-state index contributed by atoms with van der Waals surface area (Å²) in [6.45, 7) is 1.30. The second kappa shape index (κ2) is 11.0. The summed E-state index contributed by atoms with van der Waals surface area (Å²) in [4.78, 5) is 15.2. The molecule has 8 heteroatoms. The maximum absolute atomic E-state index is 13.1. The molecule has 4 rings (SSSR count). The Bertz CT molecular complexity index is 1270. The normalized spacial score (nSPS) is 15.0. The Morgan fingerprint density at radius 2 is 1.31 bits per heavy atom. The summed E-state index contributed by atoms with van der Waals surface area (Å²) in [6, 6.07) is 29.1. The molecule has 1 saturated heterocycles. The minimum Gasteiger partial charge on any atom is -0.373 e. The Kier molecular flexibility index (Phi) is 7.60. The molecule has 1 N–H and O–H groups in total. The van der Waals surface area contributed by atoms with Crippen LogP contribution < -0.4 is 5.32 Å². The third kappa shape index (κ3) is 5.77. The predicted octanol–water partition coefficient (Wildman–Crippen LogP) is 3.31. The summed E-state index contributed by atoms with van der Waals surface area (Å²) in [6.07, 6.45) is 1.52. The standard InChI is InChI=1S/C27H26N4O3S/c28-20-24(21-30-16-18-31(19-17-30)35(33,34)25-14-8-3-9-15-25)27(32)29-26(22-10-4-1-5-11-22)23-12-6-2-7-13-23/h1-15,21,26H,16-19H2,(H,29,32)/b24-21-. The number of amides is 1. The van der Waals surface area contributed by atoms with Crippen molar-refractivity contribution in [3.05, 3.63) is 114 Å². The minimum absolute atomic E-state index is 0.0266. The Morgan fingerprint density at radius 1 is 0.829 bits per heavy atom. The van der Waals surface area contributed by atoms with Gasteiger partial charge in [-0.25, -0.2) is 8.42 Å². The molecule has 1 heterocycles. The number of carbonyl (C=O) groups is 1. The zero-order valence-electron chi connectivity index (χ0n) is 19.1. The van der Waals surface area contributed by atoms with Crippen LogP contribution in [0.3, 0.4) is 0 Å². The molecule has 0 bridgehead atoms. The van der Waals surface area contributed by atoms with E-state index in [1.165, 1.54) is 10.5 Å². The molecule has 0 atom stereocenters. The van der Waals surface area contributed by atoms with E-state index in [1.54, 1.807) is 30.3 Å². The van der Waals surface area contributed by atoms with Crippen LogP contribution in [0.1, 0.15) is 17.2 Å². The van der Waals surface area contributed by atoms with E-state index >= 15 is 0 Å². The van der Waals surface area contributed by atoms with Gasteiger partial charge in [0.25, 0.3) is 5.91 Å². The number of hydrogen-bond donors (Lipinski definition) is 1. The van der Waals surface area contributed by atoms with Gasteiger partial charge in [0, 0.05) is 32.4 Å². The lowest BCUT2D eigenvalue weighted by molar-refractivity contribution is -0.117. The third-order valence-corrected chi connectivity index (χ3v) is 7.79. The molecule has 1 aliphatic rings. The molecule has 7 nitrogen and oxygen atoms in total.